The Morgan fingerprint density at radius 2 is 1.75 bits per heavy atom. The number of hydrogen-bond acceptors (Lipinski definition) is 2. The van der Waals surface area contributed by atoms with E-state index in [1.807, 2.05) is 56.1 Å². The van der Waals surface area contributed by atoms with Crippen molar-refractivity contribution in [3.8, 4) is 0 Å². The molecule has 0 heterocycles. The molecular formula is C20H30N2O2. The standard InChI is InChI=1S/C20H30N2O2/c1-5-6-14-21(4)18(23)20(12-13-20)19(24)22(16(2)3)15-17-10-8-7-9-11-17/h7-11,16H,5-6,12-15H2,1-4H3. The molecule has 1 saturated carbocycles. The van der Waals surface area contributed by atoms with Crippen LogP contribution in [0.1, 0.15) is 52.0 Å². The first-order valence-electron chi connectivity index (χ1n) is 9.03. The van der Waals surface area contributed by atoms with Crippen molar-refractivity contribution in [1.82, 2.24) is 9.80 Å². The summed E-state index contributed by atoms with van der Waals surface area (Å²) >= 11 is 0. The van der Waals surface area contributed by atoms with Gasteiger partial charge in [0, 0.05) is 26.2 Å². The van der Waals surface area contributed by atoms with Crippen molar-refractivity contribution in [2.24, 2.45) is 5.41 Å². The zero-order valence-electron chi connectivity index (χ0n) is 15.4. The SMILES string of the molecule is CCCCN(C)C(=O)C1(C(=O)N(Cc2ccccc2)C(C)C)CC1. The van der Waals surface area contributed by atoms with Crippen LogP contribution in [0.25, 0.3) is 0 Å². The van der Waals surface area contributed by atoms with Crippen LogP contribution in [0, 0.1) is 5.41 Å². The Kier molecular flexibility index (Phi) is 6.03. The van der Waals surface area contributed by atoms with Crippen LogP contribution < -0.4 is 0 Å². The van der Waals surface area contributed by atoms with E-state index in [4.69, 9.17) is 0 Å². The summed E-state index contributed by atoms with van der Waals surface area (Å²) in [5.41, 5.74) is 0.295. The molecule has 1 aliphatic rings. The van der Waals surface area contributed by atoms with Crippen molar-refractivity contribution < 1.29 is 9.59 Å². The molecule has 1 aliphatic carbocycles. The number of carbonyl (C=O) groups is 2. The van der Waals surface area contributed by atoms with Gasteiger partial charge in [-0.1, -0.05) is 43.7 Å². The van der Waals surface area contributed by atoms with Crippen LogP contribution in [0.5, 0.6) is 0 Å². The fourth-order valence-corrected chi connectivity index (χ4v) is 3.05. The molecule has 0 N–H and O–H groups in total. The molecule has 0 unspecified atom stereocenters. The molecule has 24 heavy (non-hydrogen) atoms. The fourth-order valence-electron chi connectivity index (χ4n) is 3.05. The Hall–Kier alpha value is -1.84. The Bertz CT molecular complexity index is 564. The van der Waals surface area contributed by atoms with Crippen molar-refractivity contribution in [2.45, 2.75) is 59.0 Å². The number of amides is 2. The summed E-state index contributed by atoms with van der Waals surface area (Å²) in [7, 11) is 1.82. The molecular weight excluding hydrogens is 300 g/mol. The molecule has 0 saturated heterocycles. The first-order chi connectivity index (χ1) is 11.4. The summed E-state index contributed by atoms with van der Waals surface area (Å²) < 4.78 is 0. The molecule has 1 aromatic carbocycles. The lowest BCUT2D eigenvalue weighted by Crippen LogP contribution is -2.48. The summed E-state index contributed by atoms with van der Waals surface area (Å²) in [6.07, 6.45) is 3.38. The lowest BCUT2D eigenvalue weighted by atomic mass is 10.0. The number of hydrogen-bond donors (Lipinski definition) is 0. The van der Waals surface area contributed by atoms with Crippen LogP contribution in [0.2, 0.25) is 0 Å². The van der Waals surface area contributed by atoms with Gasteiger partial charge in [0.25, 0.3) is 0 Å². The highest BCUT2D eigenvalue weighted by Crippen LogP contribution is 2.49. The molecule has 0 bridgehead atoms. The van der Waals surface area contributed by atoms with Gasteiger partial charge < -0.3 is 9.80 Å². The van der Waals surface area contributed by atoms with E-state index in [0.29, 0.717) is 19.4 Å². The third-order valence-corrected chi connectivity index (χ3v) is 4.84. The van der Waals surface area contributed by atoms with Crippen molar-refractivity contribution in [3.05, 3.63) is 35.9 Å². The lowest BCUT2D eigenvalue weighted by molar-refractivity contribution is -0.150. The van der Waals surface area contributed by atoms with Gasteiger partial charge in [0.05, 0.1) is 0 Å². The van der Waals surface area contributed by atoms with Gasteiger partial charge in [-0.15, -0.1) is 0 Å². The van der Waals surface area contributed by atoms with Crippen LogP contribution in [0.15, 0.2) is 30.3 Å². The first-order valence-corrected chi connectivity index (χ1v) is 9.03. The third-order valence-electron chi connectivity index (χ3n) is 4.84. The molecule has 0 radical (unpaired) electrons. The number of nitrogens with zero attached hydrogens (tertiary/aromatic N) is 2. The van der Waals surface area contributed by atoms with E-state index < -0.39 is 5.41 Å². The number of unbranched alkanes of at least 4 members (excludes halogenated alkanes) is 1. The van der Waals surface area contributed by atoms with E-state index in [1.54, 1.807) is 4.90 Å². The van der Waals surface area contributed by atoms with Gasteiger partial charge in [0.1, 0.15) is 5.41 Å². The lowest BCUT2D eigenvalue weighted by Gasteiger charge is -2.32. The highest BCUT2D eigenvalue weighted by Gasteiger charge is 2.59. The van der Waals surface area contributed by atoms with Gasteiger partial charge in [-0.3, -0.25) is 9.59 Å². The van der Waals surface area contributed by atoms with Gasteiger partial charge in [-0.05, 0) is 38.7 Å². The van der Waals surface area contributed by atoms with Crippen molar-refractivity contribution in [3.63, 3.8) is 0 Å². The molecule has 1 aromatic rings. The minimum atomic E-state index is -0.804. The topological polar surface area (TPSA) is 40.6 Å². The molecule has 4 nitrogen and oxygen atoms in total. The summed E-state index contributed by atoms with van der Waals surface area (Å²) in [5.74, 6) is -0.00522. The monoisotopic (exact) mass is 330 g/mol. The first kappa shape index (κ1) is 18.5. The molecule has 4 heteroatoms. The highest BCUT2D eigenvalue weighted by molar-refractivity contribution is 6.07. The van der Waals surface area contributed by atoms with Gasteiger partial charge in [-0.2, -0.15) is 0 Å². The minimum absolute atomic E-state index is 0.000313. The smallest absolute Gasteiger partial charge is 0.238 e. The summed E-state index contributed by atoms with van der Waals surface area (Å²) in [6, 6.07) is 10.1. The Balaban J connectivity index is 2.12. The van der Waals surface area contributed by atoms with Gasteiger partial charge in [-0.25, -0.2) is 0 Å². The van der Waals surface area contributed by atoms with Crippen LogP contribution in [-0.2, 0) is 16.1 Å². The van der Waals surface area contributed by atoms with Crippen molar-refractivity contribution in [2.75, 3.05) is 13.6 Å². The third kappa shape index (κ3) is 3.97. The molecule has 0 atom stereocenters. The van der Waals surface area contributed by atoms with Gasteiger partial charge >= 0.3 is 0 Å². The second-order valence-electron chi connectivity index (χ2n) is 7.17. The normalized spacial score (nSPS) is 15.2. The maximum absolute atomic E-state index is 13.2. The fraction of sp³-hybridized carbons (Fsp3) is 0.600. The van der Waals surface area contributed by atoms with Crippen molar-refractivity contribution in [1.29, 1.82) is 0 Å². The second kappa shape index (κ2) is 7.82. The Morgan fingerprint density at radius 1 is 1.12 bits per heavy atom. The molecule has 2 amide bonds. The quantitative estimate of drug-likeness (QED) is 0.685. The van der Waals surface area contributed by atoms with E-state index in [1.165, 1.54) is 0 Å². The van der Waals surface area contributed by atoms with Crippen LogP contribution in [-0.4, -0.2) is 41.2 Å². The second-order valence-corrected chi connectivity index (χ2v) is 7.17. The zero-order valence-corrected chi connectivity index (χ0v) is 15.4. The molecule has 0 aliphatic heterocycles. The van der Waals surface area contributed by atoms with Gasteiger partial charge in [0.2, 0.25) is 11.8 Å². The Morgan fingerprint density at radius 3 is 2.25 bits per heavy atom. The summed E-state index contributed by atoms with van der Waals surface area (Å²) in [5, 5.41) is 0. The number of benzene rings is 1. The minimum Gasteiger partial charge on any atom is -0.345 e. The summed E-state index contributed by atoms with van der Waals surface area (Å²) in [4.78, 5) is 29.6. The van der Waals surface area contributed by atoms with Crippen molar-refractivity contribution >= 4 is 11.8 Å². The number of carbonyl (C=O) groups excluding carboxylic acids is 2. The molecule has 1 fully saturated rings. The average molecular weight is 330 g/mol. The van der Waals surface area contributed by atoms with Crippen LogP contribution >= 0.6 is 0 Å². The van der Waals surface area contributed by atoms with Crippen LogP contribution in [0.3, 0.4) is 0 Å². The van der Waals surface area contributed by atoms with Gasteiger partial charge in [0.15, 0.2) is 0 Å². The Labute approximate surface area is 145 Å². The predicted octanol–water partition coefficient (Wildman–Crippen LogP) is 3.46. The highest BCUT2D eigenvalue weighted by atomic mass is 16.2. The molecule has 2 rings (SSSR count). The maximum Gasteiger partial charge on any atom is 0.238 e. The molecule has 132 valence electrons. The molecule has 0 aromatic heterocycles. The van der Waals surface area contributed by atoms with E-state index >= 15 is 0 Å². The zero-order chi connectivity index (χ0) is 17.7. The van der Waals surface area contributed by atoms with E-state index in [-0.39, 0.29) is 17.9 Å². The van der Waals surface area contributed by atoms with E-state index in [9.17, 15) is 9.59 Å². The average Bonchev–Trinajstić information content (AvgIpc) is 3.38. The summed E-state index contributed by atoms with van der Waals surface area (Å²) in [6.45, 7) is 7.43. The largest absolute Gasteiger partial charge is 0.345 e. The number of rotatable bonds is 8. The maximum atomic E-state index is 13.2. The predicted molar refractivity (Wildman–Crippen MR) is 96.3 cm³/mol. The molecule has 0 spiro atoms. The van der Waals surface area contributed by atoms with E-state index in [2.05, 4.69) is 6.92 Å². The van der Waals surface area contributed by atoms with Crippen LogP contribution in [0.4, 0.5) is 0 Å². The van der Waals surface area contributed by atoms with E-state index in [0.717, 1.165) is 24.9 Å².